The number of aromatic carboxylic acids is 2. The predicted octanol–water partition coefficient (Wildman–Crippen LogP) is 13.8. The number of fused-ring (bicyclic) bond motifs is 5. The minimum absolute atomic E-state index is 0.00232. The Labute approximate surface area is 862 Å². The summed E-state index contributed by atoms with van der Waals surface area (Å²) in [6.07, 6.45) is 7.65. The van der Waals surface area contributed by atoms with Gasteiger partial charge >= 0.3 is 11.9 Å². The summed E-state index contributed by atoms with van der Waals surface area (Å²) < 4.78 is 62.6. The zero-order valence-corrected chi connectivity index (χ0v) is 84.1. The summed E-state index contributed by atoms with van der Waals surface area (Å²) in [7, 11) is 0. The Morgan fingerprint density at radius 3 is 1.60 bits per heavy atom. The van der Waals surface area contributed by atoms with Crippen molar-refractivity contribution in [2.24, 2.45) is 5.11 Å². The highest BCUT2D eigenvalue weighted by molar-refractivity contribution is 7.19. The molecule has 41 heteroatoms. The number of para-hydroxylation sites is 2. The van der Waals surface area contributed by atoms with Gasteiger partial charge in [-0.2, -0.15) is 0 Å². The molecule has 3 saturated heterocycles. The fourth-order valence-corrected chi connectivity index (χ4v) is 22.5. The van der Waals surface area contributed by atoms with Crippen molar-refractivity contribution in [2.45, 2.75) is 129 Å². The summed E-state index contributed by atoms with van der Waals surface area (Å²) in [5, 5.41) is 40.3. The minimum atomic E-state index is -1.12. The van der Waals surface area contributed by atoms with Crippen LogP contribution in [0.3, 0.4) is 0 Å². The molecule has 762 valence electrons. The van der Waals surface area contributed by atoms with E-state index < -0.39 is 35.5 Å². The number of thiazole rings is 4. The first-order valence-electron chi connectivity index (χ1n) is 49.0. The first kappa shape index (κ1) is 104. The van der Waals surface area contributed by atoms with Crippen LogP contribution in [0.4, 0.5) is 24.7 Å². The van der Waals surface area contributed by atoms with E-state index in [-0.39, 0.29) is 97.2 Å². The molecular formula is C106H109F2N19O16S4. The molecule has 0 radical (unpaired) electrons. The van der Waals surface area contributed by atoms with Gasteiger partial charge in [-0.3, -0.25) is 53.4 Å². The van der Waals surface area contributed by atoms with Gasteiger partial charge in [0, 0.05) is 178 Å². The number of halogens is 2. The lowest BCUT2D eigenvalue weighted by molar-refractivity contribution is -0.137. The van der Waals surface area contributed by atoms with Crippen LogP contribution < -0.4 is 29.9 Å². The second-order valence-corrected chi connectivity index (χ2v) is 40.3. The van der Waals surface area contributed by atoms with Crippen LogP contribution in [0.25, 0.3) is 30.9 Å². The minimum Gasteiger partial charge on any atom is -0.491 e. The maximum Gasteiger partial charge on any atom is 0.355 e. The molecule has 4 N–H and O–H groups in total. The molecule has 147 heavy (non-hydrogen) atoms. The van der Waals surface area contributed by atoms with Crippen molar-refractivity contribution in [3.63, 3.8) is 0 Å². The maximum absolute atomic E-state index is 15.2. The van der Waals surface area contributed by atoms with Crippen LogP contribution in [0, 0.1) is 35.3 Å². The molecule has 12 aromatic rings. The lowest BCUT2D eigenvalue weighted by Gasteiger charge is -2.33. The van der Waals surface area contributed by atoms with E-state index in [1.54, 1.807) is 41.1 Å². The van der Waals surface area contributed by atoms with Gasteiger partial charge in [-0.1, -0.05) is 101 Å². The fourth-order valence-electron chi connectivity index (χ4n) is 18.3. The average molecular weight is 2070 g/mol. The number of carbonyl (C=O) groups is 9. The Balaban J connectivity index is 0.000000220. The number of benzene rings is 7. The number of carbonyl (C=O) groups excluding carboxylic acids is 7. The van der Waals surface area contributed by atoms with Crippen molar-refractivity contribution in [2.75, 3.05) is 153 Å². The topological polar surface area (TPSA) is 418 Å². The summed E-state index contributed by atoms with van der Waals surface area (Å²) in [6.45, 7) is 12.4. The second kappa shape index (κ2) is 50.6. The molecule has 5 amide bonds. The third-order valence-electron chi connectivity index (χ3n) is 26.0. The number of ether oxygens (including phenoxy) is 5. The average Bonchev–Trinajstić information content (AvgIpc) is 1.65. The quantitative estimate of drug-likeness (QED) is 0.00524. The lowest BCUT2D eigenvalue weighted by Crippen LogP contribution is -2.52. The van der Waals surface area contributed by atoms with Crippen LogP contribution in [-0.2, 0) is 105 Å². The van der Waals surface area contributed by atoms with Gasteiger partial charge in [0.1, 0.15) is 21.8 Å². The van der Waals surface area contributed by atoms with Crippen LogP contribution in [-0.4, -0.2) is 267 Å². The predicted molar refractivity (Wildman–Crippen MR) is 551 cm³/mol. The van der Waals surface area contributed by atoms with Gasteiger partial charge < -0.3 is 63.7 Å². The number of piperidine rings is 1. The van der Waals surface area contributed by atoms with Crippen LogP contribution in [0.1, 0.15) is 168 Å². The highest BCUT2D eigenvalue weighted by atomic mass is 32.1. The van der Waals surface area contributed by atoms with Gasteiger partial charge in [0.25, 0.3) is 5.91 Å². The number of hydrogen-bond acceptors (Lipinski definition) is 30. The molecule has 1 atom stereocenters. The molecule has 0 saturated carbocycles. The number of carboxylic acids is 2. The standard InChI is InChI=1S/C64H68FN11O11S2.C42H41FN8O5S2/c65-49-36-42(17-19-54(49)87-30-7-15-56-60(63(82)83)69-64(89-56)74-25-21-43-9-3-10-45(47(43)39-74)53(77)37-58-67-51-12-1-2-14-55(51)88-58)8-5-23-72-26-28-73(29-27-72)59(79)16-6-24-75-38-44(70-71-75)41-86-35-34-85-33-32-84-31-22-66-50-13-4-11-46-48(50)40-76(62(46)81)52-18-20-57(78)68-61(52)80;43-32-25-28(7-5-18-49-20-22-50(23-21-49)39(53)13-4-17-45-48-44)14-15-35(32)56-24-6-12-37-40(41(54)55)47-42(58-37)51-19-16-29-8-3-9-30(31(29)27-51)34(52)26-38-46-33-10-1-2-11-36(33)57-38/h1-4,9-14,17,19,36,38,52,66H,6-7,15-16,18,20-35,37,39-41H2,(H,82,83)(H,68,78,80);1-3,8-11,14-15,25H,4,6,12-13,16-24,26-27H2,(H,54,55). The summed E-state index contributed by atoms with van der Waals surface area (Å²) in [4.78, 5) is 150. The van der Waals surface area contributed by atoms with E-state index >= 15 is 4.39 Å². The van der Waals surface area contributed by atoms with Crippen LogP contribution in [0.2, 0.25) is 0 Å². The molecule has 0 bridgehead atoms. The summed E-state index contributed by atoms with van der Waals surface area (Å²) >= 11 is 5.69. The second-order valence-electron chi connectivity index (χ2n) is 35.9. The fraction of sp³-hybridized carbons (Fsp3) is 0.387. The molecule has 0 aliphatic carbocycles. The molecule has 11 heterocycles. The molecular weight excluding hydrogens is 1960 g/mol. The van der Waals surface area contributed by atoms with E-state index in [1.807, 2.05) is 117 Å². The van der Waals surface area contributed by atoms with Gasteiger partial charge in [0.15, 0.2) is 56.4 Å². The van der Waals surface area contributed by atoms with Crippen molar-refractivity contribution in [1.82, 2.24) is 64.7 Å². The number of rotatable bonds is 43. The van der Waals surface area contributed by atoms with E-state index in [1.165, 1.54) is 62.4 Å². The number of nitrogens with zero attached hydrogens (tertiary/aromatic N) is 17. The highest BCUT2D eigenvalue weighted by Gasteiger charge is 2.41. The SMILES string of the molecule is O=C1CCC(N2Cc3c(NCCOCCOCCOCc4cn(CCCC(=O)N5CCN(CC#Cc6ccc(OCCCc7sc(N8CCc9cccc(C(=O)Cc%10nc%11ccccc%11s%10)c9C8)nc7C(=O)O)c(F)c6)CC5)nn4)cccc3C2=O)C(=O)N1.[N-]=[N+]=NCCCC(=O)N1CCN(CC#Cc2ccc(OCCCc3sc(N4CCc5cccc(C(=O)Cc6nc7ccccc7s6)c5C4)nc3C(=O)O)c(F)c2)CC1. The first-order valence-corrected chi connectivity index (χ1v) is 52.3. The Bertz CT molecular complexity index is 6960. The monoisotopic (exact) mass is 2070 g/mol. The third kappa shape index (κ3) is 27.5. The van der Waals surface area contributed by atoms with Gasteiger partial charge in [0.2, 0.25) is 23.6 Å². The number of imide groups is 1. The lowest BCUT2D eigenvalue weighted by atomic mass is 9.92. The zero-order valence-electron chi connectivity index (χ0n) is 80.8. The van der Waals surface area contributed by atoms with Crippen molar-refractivity contribution >= 4 is 135 Å². The van der Waals surface area contributed by atoms with Gasteiger partial charge in [0.05, 0.1) is 105 Å². The summed E-state index contributed by atoms with van der Waals surface area (Å²) in [5.41, 5.74) is 19.3. The number of azide groups is 1. The van der Waals surface area contributed by atoms with E-state index in [9.17, 15) is 57.8 Å². The molecule has 6 aliphatic rings. The van der Waals surface area contributed by atoms with Gasteiger partial charge in [-0.05, 0) is 158 Å². The third-order valence-corrected chi connectivity index (χ3v) is 30.4. The van der Waals surface area contributed by atoms with Crippen LogP contribution >= 0.6 is 45.3 Å². The smallest absolute Gasteiger partial charge is 0.355 e. The number of ketones is 2. The molecule has 0 spiro atoms. The zero-order chi connectivity index (χ0) is 102. The molecule has 3 fully saturated rings. The van der Waals surface area contributed by atoms with Crippen LogP contribution in [0.15, 0.2) is 151 Å². The van der Waals surface area contributed by atoms with Crippen molar-refractivity contribution in [3.05, 3.63) is 260 Å². The summed E-state index contributed by atoms with van der Waals surface area (Å²) in [5.74, 6) is 8.30. The van der Waals surface area contributed by atoms with Crippen molar-refractivity contribution in [1.29, 1.82) is 0 Å². The van der Waals surface area contributed by atoms with E-state index in [0.717, 1.165) is 64.0 Å². The number of aromatic nitrogens is 7. The molecule has 1 unspecified atom stereocenters. The number of carboxylic acid groups (broad SMARTS) is 2. The number of aryl methyl sites for hydroxylation is 3. The Morgan fingerprint density at radius 1 is 0.551 bits per heavy atom. The van der Waals surface area contributed by atoms with E-state index in [2.05, 4.69) is 84.4 Å². The van der Waals surface area contributed by atoms with Gasteiger partial charge in [-0.15, -0.1) is 50.4 Å². The number of anilines is 3. The molecule has 5 aromatic heterocycles. The Hall–Kier alpha value is -14.4. The molecule has 6 aliphatic heterocycles. The van der Waals surface area contributed by atoms with Crippen molar-refractivity contribution < 1.29 is 85.8 Å². The molecule has 18 rings (SSSR count). The first-order chi connectivity index (χ1) is 71.6. The van der Waals surface area contributed by atoms with E-state index in [4.69, 9.17) is 29.2 Å². The normalized spacial score (nSPS) is 15.1. The Kier molecular flexibility index (Phi) is 35.8. The highest BCUT2D eigenvalue weighted by Crippen LogP contribution is 2.39. The number of Topliss-reactive ketones (excluding diaryl/α,β-unsaturated/α-hetero) is 2. The number of nitrogens with one attached hydrogen (secondary N) is 2. The number of hydrogen-bond donors (Lipinski definition) is 4. The number of piperazine rings is 2. The Morgan fingerprint density at radius 2 is 1.07 bits per heavy atom. The maximum atomic E-state index is 15.2. The molecule has 7 aromatic carbocycles. The summed E-state index contributed by atoms with van der Waals surface area (Å²) in [6, 6.07) is 41.3. The van der Waals surface area contributed by atoms with Crippen LogP contribution in [0.5, 0.6) is 11.5 Å². The molecule has 35 nitrogen and oxygen atoms in total. The van der Waals surface area contributed by atoms with Gasteiger partial charge in [-0.25, -0.2) is 38.3 Å². The van der Waals surface area contributed by atoms with Crippen molar-refractivity contribution in [3.8, 4) is 35.2 Å². The van der Waals surface area contributed by atoms with E-state index in [0.29, 0.717) is 275 Å². The largest absolute Gasteiger partial charge is 0.491 e. The number of amides is 5.